The van der Waals surface area contributed by atoms with Gasteiger partial charge in [-0.05, 0) is 85.6 Å². The van der Waals surface area contributed by atoms with Gasteiger partial charge in [0.15, 0.2) is 0 Å². The highest BCUT2D eigenvalue weighted by molar-refractivity contribution is 6.00. The molecule has 3 aliphatic rings. The molecule has 9 nitrogen and oxygen atoms in total. The van der Waals surface area contributed by atoms with Crippen molar-refractivity contribution in [2.45, 2.75) is 82.8 Å². The molecule has 0 aliphatic carbocycles. The van der Waals surface area contributed by atoms with E-state index in [4.69, 9.17) is 4.74 Å². The number of anilines is 1. The summed E-state index contributed by atoms with van der Waals surface area (Å²) in [5, 5.41) is 2.34. The lowest BCUT2D eigenvalue weighted by atomic mass is 9.87. The van der Waals surface area contributed by atoms with Gasteiger partial charge in [0.05, 0.1) is 5.56 Å². The lowest BCUT2D eigenvalue weighted by molar-refractivity contribution is -0.141. The number of hydrogen-bond donors (Lipinski definition) is 1. The number of pyridine rings is 1. The van der Waals surface area contributed by atoms with Gasteiger partial charge in [-0.1, -0.05) is 30.3 Å². The third-order valence-electron chi connectivity index (χ3n) is 10.0. The van der Waals surface area contributed by atoms with Gasteiger partial charge in [0.2, 0.25) is 24.1 Å². The van der Waals surface area contributed by atoms with Crippen LogP contribution in [0.15, 0.2) is 60.8 Å². The standard InChI is InChI=1S/C37H42F3N5O4/c1-25-2-5-28(20-29(25)23-45(24-46)33-8-9-34(47)42-36(33)48)27-11-16-43(17-12-27)22-26-3-6-31(7-4-26)44-18-13-32(14-19-44)49-35-21-30(10-15-41-35)37(38,39)40/h2-7,10,15,20-21,24,27,32-33H,8-9,11-14,16-19,22-23H2,1H3,(H,42,47,48). The number of rotatable bonds is 10. The first-order valence-corrected chi connectivity index (χ1v) is 17.0. The molecule has 3 aliphatic heterocycles. The lowest BCUT2D eigenvalue weighted by Gasteiger charge is -2.34. The van der Waals surface area contributed by atoms with E-state index in [0.29, 0.717) is 38.1 Å². The number of carbonyl (C=O) groups excluding carboxylic acids is 3. The van der Waals surface area contributed by atoms with E-state index in [-0.39, 0.29) is 24.3 Å². The van der Waals surface area contributed by atoms with Crippen molar-refractivity contribution < 1.29 is 32.3 Å². The molecular weight excluding hydrogens is 635 g/mol. The number of hydrogen-bond acceptors (Lipinski definition) is 7. The van der Waals surface area contributed by atoms with Crippen LogP contribution in [0.2, 0.25) is 0 Å². The first kappa shape index (κ1) is 34.4. The third-order valence-corrected chi connectivity index (χ3v) is 10.0. The molecule has 0 saturated carbocycles. The van der Waals surface area contributed by atoms with Gasteiger partial charge in [0.25, 0.3) is 0 Å². The monoisotopic (exact) mass is 677 g/mol. The van der Waals surface area contributed by atoms with Gasteiger partial charge in [0.1, 0.15) is 12.1 Å². The summed E-state index contributed by atoms with van der Waals surface area (Å²) in [5.74, 6) is -0.289. The summed E-state index contributed by atoms with van der Waals surface area (Å²) in [5.41, 5.74) is 4.94. The van der Waals surface area contributed by atoms with Crippen molar-refractivity contribution in [3.63, 3.8) is 0 Å². The number of piperidine rings is 3. The van der Waals surface area contributed by atoms with E-state index in [0.717, 1.165) is 80.7 Å². The van der Waals surface area contributed by atoms with Crippen molar-refractivity contribution in [2.75, 3.05) is 31.1 Å². The van der Waals surface area contributed by atoms with Gasteiger partial charge in [-0.3, -0.25) is 24.6 Å². The van der Waals surface area contributed by atoms with Gasteiger partial charge >= 0.3 is 6.18 Å². The van der Waals surface area contributed by atoms with Crippen molar-refractivity contribution >= 4 is 23.9 Å². The van der Waals surface area contributed by atoms with Crippen molar-refractivity contribution in [1.29, 1.82) is 0 Å². The predicted molar refractivity (Wildman–Crippen MR) is 178 cm³/mol. The largest absolute Gasteiger partial charge is 0.474 e. The second-order valence-corrected chi connectivity index (χ2v) is 13.3. The first-order chi connectivity index (χ1) is 23.6. The molecule has 12 heteroatoms. The number of carbonyl (C=O) groups is 3. The molecule has 0 spiro atoms. The zero-order valence-corrected chi connectivity index (χ0v) is 27.6. The Bertz CT molecular complexity index is 1630. The van der Waals surface area contributed by atoms with Crippen LogP contribution in [-0.4, -0.2) is 71.3 Å². The molecule has 1 N–H and O–H groups in total. The highest BCUT2D eigenvalue weighted by Gasteiger charge is 2.33. The number of alkyl halides is 3. The second kappa shape index (κ2) is 15.0. The van der Waals surface area contributed by atoms with Crippen LogP contribution >= 0.6 is 0 Å². The SMILES string of the molecule is Cc1ccc(C2CCN(Cc3ccc(N4CCC(Oc5cc(C(F)(F)F)ccn5)CC4)cc3)CC2)cc1CN(C=O)C1CCC(=O)NC1=O. The number of ether oxygens (including phenoxy) is 1. The number of benzene rings is 2. The highest BCUT2D eigenvalue weighted by Crippen LogP contribution is 2.33. The first-order valence-electron chi connectivity index (χ1n) is 17.0. The molecule has 0 bridgehead atoms. The molecule has 0 radical (unpaired) electrons. The summed E-state index contributed by atoms with van der Waals surface area (Å²) in [6.07, 6.45) is 1.26. The number of amides is 3. The summed E-state index contributed by atoms with van der Waals surface area (Å²) in [7, 11) is 0. The Balaban J connectivity index is 0.968. The minimum absolute atomic E-state index is 0.0123. The number of nitrogens with zero attached hydrogens (tertiary/aromatic N) is 4. The van der Waals surface area contributed by atoms with Crippen LogP contribution in [0.5, 0.6) is 5.88 Å². The van der Waals surface area contributed by atoms with Crippen LogP contribution in [-0.2, 0) is 33.6 Å². The molecule has 3 aromatic rings. The molecule has 1 atom stereocenters. The van der Waals surface area contributed by atoms with Gasteiger partial charge in [-0.2, -0.15) is 13.2 Å². The molecule has 3 amide bonds. The van der Waals surface area contributed by atoms with Gasteiger partial charge < -0.3 is 14.5 Å². The third kappa shape index (κ3) is 8.59. The Hall–Kier alpha value is -4.45. The van der Waals surface area contributed by atoms with Crippen LogP contribution in [0.3, 0.4) is 0 Å². The van der Waals surface area contributed by atoms with Crippen LogP contribution in [0.1, 0.15) is 72.3 Å². The summed E-state index contributed by atoms with van der Waals surface area (Å²) >= 11 is 0. The van der Waals surface area contributed by atoms with Gasteiger partial charge in [-0.15, -0.1) is 0 Å². The quantitative estimate of drug-likeness (QED) is 0.221. The zero-order chi connectivity index (χ0) is 34.5. The number of aryl methyl sites for hydroxylation is 1. The molecule has 3 fully saturated rings. The molecular formula is C37H42F3N5O4. The number of nitrogens with one attached hydrogen (secondary N) is 1. The maximum Gasteiger partial charge on any atom is 0.416 e. The van der Waals surface area contributed by atoms with E-state index < -0.39 is 23.7 Å². The topological polar surface area (TPSA) is 95.1 Å². The second-order valence-electron chi connectivity index (χ2n) is 13.3. The number of halogens is 3. The summed E-state index contributed by atoms with van der Waals surface area (Å²) < 4.78 is 44.9. The molecule has 6 rings (SSSR count). The summed E-state index contributed by atoms with van der Waals surface area (Å²) in [6.45, 7) is 6.66. The smallest absolute Gasteiger partial charge is 0.416 e. The Labute approximate surface area is 284 Å². The zero-order valence-electron chi connectivity index (χ0n) is 27.6. The highest BCUT2D eigenvalue weighted by atomic mass is 19.4. The Morgan fingerprint density at radius 2 is 1.69 bits per heavy atom. The Morgan fingerprint density at radius 1 is 0.959 bits per heavy atom. The van der Waals surface area contributed by atoms with E-state index in [2.05, 4.69) is 62.6 Å². The van der Waals surface area contributed by atoms with E-state index in [1.54, 1.807) is 0 Å². The fraction of sp³-hybridized carbons (Fsp3) is 0.459. The molecule has 1 unspecified atom stereocenters. The van der Waals surface area contributed by atoms with Gasteiger partial charge in [-0.25, -0.2) is 4.98 Å². The minimum Gasteiger partial charge on any atom is -0.474 e. The fourth-order valence-electron chi connectivity index (χ4n) is 7.08. The van der Waals surface area contributed by atoms with Crippen LogP contribution in [0.25, 0.3) is 0 Å². The van der Waals surface area contributed by atoms with Crippen molar-refractivity contribution in [2.24, 2.45) is 0 Å². The molecule has 3 saturated heterocycles. The average Bonchev–Trinajstić information content (AvgIpc) is 3.09. The lowest BCUT2D eigenvalue weighted by Crippen LogP contribution is -2.51. The van der Waals surface area contributed by atoms with Crippen molar-refractivity contribution in [3.8, 4) is 5.88 Å². The number of imide groups is 1. The number of aromatic nitrogens is 1. The van der Waals surface area contributed by atoms with Gasteiger partial charge in [0, 0.05) is 63.4 Å². The minimum atomic E-state index is -4.43. The summed E-state index contributed by atoms with van der Waals surface area (Å²) in [6, 6.07) is 16.3. The van der Waals surface area contributed by atoms with E-state index in [1.165, 1.54) is 16.0 Å². The average molecular weight is 678 g/mol. The normalized spacial score (nSPS) is 19.8. The van der Waals surface area contributed by atoms with Crippen LogP contribution in [0, 0.1) is 6.92 Å². The molecule has 1 aromatic heterocycles. The molecule has 4 heterocycles. The van der Waals surface area contributed by atoms with Crippen molar-refractivity contribution in [3.05, 3.63) is 88.6 Å². The van der Waals surface area contributed by atoms with Crippen LogP contribution in [0.4, 0.5) is 18.9 Å². The van der Waals surface area contributed by atoms with E-state index in [9.17, 15) is 27.6 Å². The summed E-state index contributed by atoms with van der Waals surface area (Å²) in [4.78, 5) is 46.1. The Morgan fingerprint density at radius 3 is 2.37 bits per heavy atom. The molecule has 2 aromatic carbocycles. The van der Waals surface area contributed by atoms with Crippen LogP contribution < -0.4 is 15.0 Å². The fourth-order valence-corrected chi connectivity index (χ4v) is 7.08. The number of likely N-dealkylation sites (tertiary alicyclic amines) is 1. The van der Waals surface area contributed by atoms with E-state index >= 15 is 0 Å². The molecule has 49 heavy (non-hydrogen) atoms. The Kier molecular flexibility index (Phi) is 10.5. The molecule has 260 valence electrons. The van der Waals surface area contributed by atoms with Crippen molar-refractivity contribution in [1.82, 2.24) is 20.1 Å². The maximum atomic E-state index is 13.0. The van der Waals surface area contributed by atoms with E-state index in [1.807, 2.05) is 6.92 Å². The maximum absolute atomic E-state index is 13.0. The predicted octanol–water partition coefficient (Wildman–Crippen LogP) is 5.60.